The molecule has 0 saturated heterocycles. The molecule has 98 valence electrons. The van der Waals surface area contributed by atoms with E-state index in [1.54, 1.807) is 0 Å². The summed E-state index contributed by atoms with van der Waals surface area (Å²) in [6, 6.07) is 1.52. The summed E-state index contributed by atoms with van der Waals surface area (Å²) in [6.45, 7) is 0. The Labute approximate surface area is 98.4 Å². The molecule has 18 heavy (non-hydrogen) atoms. The van der Waals surface area contributed by atoms with Gasteiger partial charge in [-0.05, 0) is 12.1 Å². The standard InChI is InChI=1S/C11H7F5O2/c1-18-7-3-2-6(11(14,15)16)8-5(7)4-10(12,13)9(8)17/h2-3H,4H2,1H3. The number of halogens is 5. The Morgan fingerprint density at radius 2 is 1.89 bits per heavy atom. The first-order valence-corrected chi connectivity index (χ1v) is 4.88. The number of benzene rings is 1. The van der Waals surface area contributed by atoms with E-state index >= 15 is 0 Å². The first-order valence-electron chi connectivity index (χ1n) is 4.88. The van der Waals surface area contributed by atoms with Crippen LogP contribution in [0.5, 0.6) is 5.75 Å². The first kappa shape index (κ1) is 12.8. The second kappa shape index (κ2) is 3.66. The van der Waals surface area contributed by atoms with Crippen LogP contribution in [0.1, 0.15) is 21.5 Å². The fourth-order valence-electron chi connectivity index (χ4n) is 1.98. The molecule has 0 bridgehead atoms. The van der Waals surface area contributed by atoms with Gasteiger partial charge in [-0.3, -0.25) is 4.79 Å². The van der Waals surface area contributed by atoms with Gasteiger partial charge in [0.05, 0.1) is 12.7 Å². The fraction of sp³-hybridized carbons (Fsp3) is 0.364. The highest BCUT2D eigenvalue weighted by Crippen LogP contribution is 2.45. The lowest BCUT2D eigenvalue weighted by molar-refractivity contribution is -0.138. The van der Waals surface area contributed by atoms with Crippen molar-refractivity contribution in [2.24, 2.45) is 0 Å². The van der Waals surface area contributed by atoms with Gasteiger partial charge in [-0.15, -0.1) is 0 Å². The van der Waals surface area contributed by atoms with Crippen molar-refractivity contribution in [2.75, 3.05) is 7.11 Å². The Morgan fingerprint density at radius 3 is 2.39 bits per heavy atom. The van der Waals surface area contributed by atoms with Gasteiger partial charge < -0.3 is 4.74 Å². The SMILES string of the molecule is COc1ccc(C(F)(F)F)c2c1CC(F)(F)C2=O. The number of fused-ring (bicyclic) bond motifs is 1. The lowest BCUT2D eigenvalue weighted by Gasteiger charge is -2.13. The number of rotatable bonds is 1. The maximum absolute atomic E-state index is 13.2. The summed E-state index contributed by atoms with van der Waals surface area (Å²) in [5.74, 6) is -5.75. The number of hydrogen-bond donors (Lipinski definition) is 0. The van der Waals surface area contributed by atoms with Crippen molar-refractivity contribution in [3.8, 4) is 5.75 Å². The lowest BCUT2D eigenvalue weighted by atomic mass is 10.0. The lowest BCUT2D eigenvalue weighted by Crippen LogP contribution is -2.25. The quantitative estimate of drug-likeness (QED) is 0.730. The average molecular weight is 266 g/mol. The Kier molecular flexibility index (Phi) is 2.60. The molecular weight excluding hydrogens is 259 g/mol. The van der Waals surface area contributed by atoms with Crippen LogP contribution < -0.4 is 4.74 Å². The third kappa shape index (κ3) is 1.74. The average Bonchev–Trinajstić information content (AvgIpc) is 2.48. The van der Waals surface area contributed by atoms with Gasteiger partial charge in [0.2, 0.25) is 5.78 Å². The van der Waals surface area contributed by atoms with Crippen molar-refractivity contribution in [2.45, 2.75) is 18.5 Å². The Hall–Kier alpha value is -1.66. The summed E-state index contributed by atoms with van der Waals surface area (Å²) in [5, 5.41) is 0. The normalized spacial score (nSPS) is 17.8. The minimum absolute atomic E-state index is 0.136. The summed E-state index contributed by atoms with van der Waals surface area (Å²) in [5.41, 5.74) is -2.71. The van der Waals surface area contributed by atoms with E-state index in [0.717, 1.165) is 13.2 Å². The summed E-state index contributed by atoms with van der Waals surface area (Å²) >= 11 is 0. The minimum Gasteiger partial charge on any atom is -0.496 e. The molecule has 1 aliphatic carbocycles. The Morgan fingerprint density at radius 1 is 1.28 bits per heavy atom. The highest BCUT2D eigenvalue weighted by Gasteiger charge is 2.52. The van der Waals surface area contributed by atoms with Crippen molar-refractivity contribution in [1.29, 1.82) is 0 Å². The summed E-state index contributed by atoms with van der Waals surface area (Å²) in [4.78, 5) is 11.3. The molecule has 0 atom stereocenters. The van der Waals surface area contributed by atoms with Crippen LogP contribution in [0.15, 0.2) is 12.1 Å². The van der Waals surface area contributed by atoms with E-state index in [0.29, 0.717) is 6.07 Å². The topological polar surface area (TPSA) is 26.3 Å². The number of Topliss-reactive ketones (excluding diaryl/α,β-unsaturated/α-hetero) is 1. The number of carbonyl (C=O) groups is 1. The van der Waals surface area contributed by atoms with E-state index in [9.17, 15) is 26.7 Å². The molecule has 2 rings (SSSR count). The predicted molar refractivity (Wildman–Crippen MR) is 51.0 cm³/mol. The number of carbonyl (C=O) groups excluding carboxylic acids is 1. The van der Waals surface area contributed by atoms with Gasteiger partial charge in [0, 0.05) is 17.5 Å². The molecule has 0 aromatic heterocycles. The van der Waals surface area contributed by atoms with Crippen LogP contribution in [0.4, 0.5) is 22.0 Å². The second-order valence-corrected chi connectivity index (χ2v) is 3.88. The van der Waals surface area contributed by atoms with Crippen molar-refractivity contribution in [1.82, 2.24) is 0 Å². The van der Waals surface area contributed by atoms with Crippen LogP contribution in [0.2, 0.25) is 0 Å². The van der Waals surface area contributed by atoms with Crippen LogP contribution in [0.3, 0.4) is 0 Å². The molecule has 0 spiro atoms. The highest BCUT2D eigenvalue weighted by atomic mass is 19.4. The van der Waals surface area contributed by atoms with E-state index in [4.69, 9.17) is 4.74 Å². The monoisotopic (exact) mass is 266 g/mol. The maximum atomic E-state index is 13.2. The molecule has 0 aliphatic heterocycles. The van der Waals surface area contributed by atoms with Crippen LogP contribution in [-0.4, -0.2) is 18.8 Å². The molecule has 0 amide bonds. The van der Waals surface area contributed by atoms with Gasteiger partial charge in [-0.2, -0.15) is 22.0 Å². The zero-order chi connectivity index (χ0) is 13.7. The van der Waals surface area contributed by atoms with E-state index in [1.807, 2.05) is 0 Å². The van der Waals surface area contributed by atoms with E-state index in [1.165, 1.54) is 0 Å². The van der Waals surface area contributed by atoms with Crippen molar-refractivity contribution in [3.05, 3.63) is 28.8 Å². The van der Waals surface area contributed by atoms with Crippen LogP contribution in [-0.2, 0) is 12.6 Å². The van der Waals surface area contributed by atoms with Crippen molar-refractivity contribution >= 4 is 5.78 Å². The number of ketones is 1. The predicted octanol–water partition coefficient (Wildman–Crippen LogP) is 3.09. The zero-order valence-electron chi connectivity index (χ0n) is 9.07. The number of hydrogen-bond acceptors (Lipinski definition) is 2. The van der Waals surface area contributed by atoms with E-state index in [-0.39, 0.29) is 11.3 Å². The van der Waals surface area contributed by atoms with Gasteiger partial charge in [0.25, 0.3) is 0 Å². The molecule has 2 nitrogen and oxygen atoms in total. The molecule has 0 heterocycles. The first-order chi connectivity index (χ1) is 8.18. The molecular formula is C11H7F5O2. The molecule has 1 aromatic carbocycles. The van der Waals surface area contributed by atoms with E-state index in [2.05, 4.69) is 0 Å². The van der Waals surface area contributed by atoms with Gasteiger partial charge >= 0.3 is 12.1 Å². The van der Waals surface area contributed by atoms with Crippen molar-refractivity contribution in [3.63, 3.8) is 0 Å². The molecule has 0 fully saturated rings. The van der Waals surface area contributed by atoms with Crippen LogP contribution in [0.25, 0.3) is 0 Å². The Balaban J connectivity index is 2.73. The summed E-state index contributed by atoms with van der Waals surface area (Å²) in [7, 11) is 1.14. The molecule has 1 aromatic rings. The number of methoxy groups -OCH3 is 1. The van der Waals surface area contributed by atoms with Crippen molar-refractivity contribution < 1.29 is 31.5 Å². The minimum atomic E-state index is -4.85. The summed E-state index contributed by atoms with van der Waals surface area (Å²) in [6.07, 6.45) is -5.92. The fourth-order valence-corrected chi connectivity index (χ4v) is 1.98. The van der Waals surface area contributed by atoms with Crippen LogP contribution >= 0.6 is 0 Å². The molecule has 0 N–H and O–H groups in total. The van der Waals surface area contributed by atoms with Gasteiger partial charge in [-0.1, -0.05) is 0 Å². The van der Waals surface area contributed by atoms with E-state index < -0.39 is 35.4 Å². The maximum Gasteiger partial charge on any atom is 0.417 e. The zero-order valence-corrected chi connectivity index (χ0v) is 9.07. The van der Waals surface area contributed by atoms with Gasteiger partial charge in [-0.25, -0.2) is 0 Å². The number of ether oxygens (including phenoxy) is 1. The smallest absolute Gasteiger partial charge is 0.417 e. The van der Waals surface area contributed by atoms with Gasteiger partial charge in [0.15, 0.2) is 0 Å². The third-order valence-electron chi connectivity index (χ3n) is 2.75. The summed E-state index contributed by atoms with van der Waals surface area (Å²) < 4.78 is 69.2. The largest absolute Gasteiger partial charge is 0.496 e. The Bertz CT molecular complexity index is 519. The molecule has 1 aliphatic rings. The number of alkyl halides is 5. The molecule has 0 radical (unpaired) electrons. The molecule has 0 saturated carbocycles. The van der Waals surface area contributed by atoms with Gasteiger partial charge in [0.1, 0.15) is 5.75 Å². The highest BCUT2D eigenvalue weighted by molar-refractivity contribution is 6.07. The van der Waals surface area contributed by atoms with Crippen LogP contribution in [0, 0.1) is 0 Å². The third-order valence-corrected chi connectivity index (χ3v) is 2.75. The molecule has 7 heteroatoms. The molecule has 0 unspecified atom stereocenters. The second-order valence-electron chi connectivity index (χ2n) is 3.88.